The molecule has 0 spiro atoms. The van der Waals surface area contributed by atoms with E-state index < -0.39 is 51.2 Å². The number of nitrogens with zero attached hydrogens (tertiary/aromatic N) is 3. The van der Waals surface area contributed by atoms with Crippen molar-refractivity contribution in [2.24, 2.45) is 5.92 Å². The van der Waals surface area contributed by atoms with Crippen LogP contribution in [0.4, 0.5) is 18.9 Å². The second-order valence-corrected chi connectivity index (χ2v) is 11.8. The summed E-state index contributed by atoms with van der Waals surface area (Å²) >= 11 is 1.82. The molecule has 3 aliphatic rings. The van der Waals surface area contributed by atoms with Crippen molar-refractivity contribution in [3.05, 3.63) is 68.5 Å². The summed E-state index contributed by atoms with van der Waals surface area (Å²) in [7, 11) is 0. The van der Waals surface area contributed by atoms with E-state index >= 15 is 0 Å². The Labute approximate surface area is 228 Å². The summed E-state index contributed by atoms with van der Waals surface area (Å²) in [5.74, 6) is -3.46. The van der Waals surface area contributed by atoms with Gasteiger partial charge in [-0.1, -0.05) is 35.2 Å². The maximum absolute atomic E-state index is 13.8. The van der Waals surface area contributed by atoms with Crippen molar-refractivity contribution in [1.82, 2.24) is 9.47 Å². The number of hydrogen-bond acceptors (Lipinski definition) is 7. The van der Waals surface area contributed by atoms with E-state index in [9.17, 15) is 32.3 Å². The number of imide groups is 1. The number of benzene rings is 1. The zero-order valence-electron chi connectivity index (χ0n) is 20.3. The molecule has 2 unspecified atom stereocenters. The smallest absolute Gasteiger partial charge is 0.418 e. The van der Waals surface area contributed by atoms with Gasteiger partial charge < -0.3 is 9.32 Å². The minimum absolute atomic E-state index is 0.218. The number of furan rings is 1. The number of anilines is 1. The third-order valence-electron chi connectivity index (χ3n) is 7.35. The van der Waals surface area contributed by atoms with Gasteiger partial charge in [-0.15, -0.1) is 0 Å². The zero-order chi connectivity index (χ0) is 27.5. The van der Waals surface area contributed by atoms with Crippen molar-refractivity contribution in [3.63, 3.8) is 0 Å². The molecule has 13 heteroatoms. The molecule has 6 rings (SSSR count). The highest BCUT2D eigenvalue weighted by molar-refractivity contribution is 8.00. The summed E-state index contributed by atoms with van der Waals surface area (Å²) in [5.41, 5.74) is -1.63. The van der Waals surface area contributed by atoms with Crippen LogP contribution in [-0.4, -0.2) is 45.5 Å². The number of carbonyl (C=O) groups excluding carboxylic acids is 3. The molecule has 3 aliphatic heterocycles. The van der Waals surface area contributed by atoms with Crippen LogP contribution in [0.2, 0.25) is 0 Å². The topological polar surface area (TPSA) is 92.8 Å². The summed E-state index contributed by atoms with van der Waals surface area (Å²) in [5, 5.41) is -0.739. The number of thiazole rings is 1. The molecular weight excluding hydrogens is 555 g/mol. The van der Waals surface area contributed by atoms with Gasteiger partial charge >= 0.3 is 11.0 Å². The molecule has 0 aliphatic carbocycles. The molecule has 0 bridgehead atoms. The highest BCUT2D eigenvalue weighted by Gasteiger charge is 2.58. The van der Waals surface area contributed by atoms with E-state index in [1.165, 1.54) is 23.0 Å². The van der Waals surface area contributed by atoms with E-state index in [4.69, 9.17) is 4.42 Å². The van der Waals surface area contributed by atoms with Crippen LogP contribution in [0.15, 0.2) is 56.9 Å². The van der Waals surface area contributed by atoms with Crippen LogP contribution >= 0.6 is 23.1 Å². The van der Waals surface area contributed by atoms with Crippen LogP contribution in [0.3, 0.4) is 0 Å². The fourth-order valence-electron chi connectivity index (χ4n) is 5.55. The average molecular weight is 578 g/mol. The van der Waals surface area contributed by atoms with E-state index in [0.717, 1.165) is 54.5 Å². The molecule has 1 aromatic carbocycles. The summed E-state index contributed by atoms with van der Waals surface area (Å²) in [6, 6.07) is 7.68. The molecule has 3 atom stereocenters. The minimum Gasteiger partial charge on any atom is -0.469 e. The summed E-state index contributed by atoms with van der Waals surface area (Å²) in [6.07, 6.45) is -0.595. The number of aromatic nitrogens is 1. The van der Waals surface area contributed by atoms with Crippen LogP contribution in [0.25, 0.3) is 0 Å². The van der Waals surface area contributed by atoms with Crippen molar-refractivity contribution in [1.29, 1.82) is 0 Å². The van der Waals surface area contributed by atoms with E-state index in [1.54, 1.807) is 17.0 Å². The maximum atomic E-state index is 13.8. The predicted molar refractivity (Wildman–Crippen MR) is 137 cm³/mol. The van der Waals surface area contributed by atoms with Gasteiger partial charge in [-0.3, -0.25) is 23.7 Å². The number of hydrogen-bond donors (Lipinski definition) is 0. The minimum atomic E-state index is -4.79. The molecule has 3 aromatic rings. The van der Waals surface area contributed by atoms with Gasteiger partial charge in [0.2, 0.25) is 17.7 Å². The van der Waals surface area contributed by atoms with Crippen molar-refractivity contribution >= 4 is 46.5 Å². The largest absolute Gasteiger partial charge is 0.469 e. The number of halogens is 3. The number of para-hydroxylation sites is 1. The van der Waals surface area contributed by atoms with E-state index in [0.29, 0.717) is 33.7 Å². The Morgan fingerprint density at radius 2 is 1.74 bits per heavy atom. The second-order valence-electron chi connectivity index (χ2n) is 9.65. The summed E-state index contributed by atoms with van der Waals surface area (Å²) in [4.78, 5) is 56.0. The van der Waals surface area contributed by atoms with Gasteiger partial charge in [0.05, 0.1) is 39.3 Å². The van der Waals surface area contributed by atoms with Gasteiger partial charge in [0.1, 0.15) is 17.6 Å². The highest BCUT2D eigenvalue weighted by atomic mass is 32.2. The maximum Gasteiger partial charge on any atom is 0.418 e. The molecule has 5 heterocycles. The van der Waals surface area contributed by atoms with Crippen molar-refractivity contribution in [2.75, 3.05) is 18.0 Å². The van der Waals surface area contributed by atoms with Crippen LogP contribution in [0.5, 0.6) is 0 Å². The first-order chi connectivity index (χ1) is 18.7. The second kappa shape index (κ2) is 9.70. The van der Waals surface area contributed by atoms with Gasteiger partial charge in [0.15, 0.2) is 0 Å². The van der Waals surface area contributed by atoms with Gasteiger partial charge in [0, 0.05) is 13.1 Å². The molecule has 0 saturated carbocycles. The average Bonchev–Trinajstić information content (AvgIpc) is 3.61. The number of thioether (sulfide) groups is 1. The van der Waals surface area contributed by atoms with E-state index in [-0.39, 0.29) is 12.5 Å². The van der Waals surface area contributed by atoms with Crippen molar-refractivity contribution in [3.8, 4) is 0 Å². The number of likely N-dealkylation sites (tertiary alicyclic amines) is 1. The lowest BCUT2D eigenvalue weighted by Gasteiger charge is -2.30. The van der Waals surface area contributed by atoms with E-state index in [2.05, 4.69) is 0 Å². The quantitative estimate of drug-likeness (QED) is 0.429. The Hall–Kier alpha value is -3.32. The molecule has 2 aromatic heterocycles. The fourth-order valence-corrected chi connectivity index (χ4v) is 8.31. The molecule has 39 heavy (non-hydrogen) atoms. The number of alkyl halides is 3. The first-order valence-electron chi connectivity index (χ1n) is 12.4. The lowest BCUT2D eigenvalue weighted by Crippen LogP contribution is -2.39. The molecule has 8 nitrogen and oxygen atoms in total. The standard InChI is InChI=1S/C26H22F3N3O5S2/c27-26(28,29)14-7-2-3-8-15(14)32-22(34)19-18(16-9-6-12-37-16)21-24(38-20(19)23(32)35)31(25(36)39-21)13-17(33)30-10-4-1-5-11-30/h2-3,6-9,12,18-20H,1,4-5,10-11,13H2/t18-,19?,20?/m1/s1. The number of rotatable bonds is 4. The Bertz CT molecular complexity index is 1510. The first-order valence-corrected chi connectivity index (χ1v) is 14.1. The number of fused-ring (bicyclic) bond motifs is 2. The van der Waals surface area contributed by atoms with Crippen LogP contribution in [-0.2, 0) is 27.1 Å². The fraction of sp³-hybridized carbons (Fsp3) is 0.385. The molecule has 204 valence electrons. The predicted octanol–water partition coefficient (Wildman–Crippen LogP) is 4.33. The molecule has 0 radical (unpaired) electrons. The van der Waals surface area contributed by atoms with Crippen molar-refractivity contribution in [2.45, 2.75) is 48.2 Å². The summed E-state index contributed by atoms with van der Waals surface area (Å²) < 4.78 is 48.4. The molecule has 2 saturated heterocycles. The molecule has 0 N–H and O–H groups in total. The lowest BCUT2D eigenvalue weighted by molar-refractivity contribution is -0.137. The van der Waals surface area contributed by atoms with Gasteiger partial charge in [-0.25, -0.2) is 4.90 Å². The lowest BCUT2D eigenvalue weighted by atomic mass is 9.86. The van der Waals surface area contributed by atoms with Crippen LogP contribution < -0.4 is 9.77 Å². The Balaban J connectivity index is 1.43. The molecule has 2 fully saturated rings. The highest BCUT2D eigenvalue weighted by Crippen LogP contribution is 2.54. The Kier molecular flexibility index (Phi) is 6.45. The number of piperidine rings is 1. The summed E-state index contributed by atoms with van der Waals surface area (Å²) in [6.45, 7) is 0.989. The molecular formula is C26H22F3N3O5S2. The van der Waals surface area contributed by atoms with Crippen LogP contribution in [0, 0.1) is 5.92 Å². The Morgan fingerprint density at radius 1 is 1.00 bits per heavy atom. The molecule has 3 amide bonds. The van der Waals surface area contributed by atoms with Gasteiger partial charge in [-0.2, -0.15) is 13.2 Å². The third-order valence-corrected chi connectivity index (χ3v) is 9.96. The first kappa shape index (κ1) is 25.9. The van der Waals surface area contributed by atoms with Gasteiger partial charge in [0.25, 0.3) is 0 Å². The number of amides is 3. The monoisotopic (exact) mass is 577 g/mol. The van der Waals surface area contributed by atoms with Gasteiger partial charge in [-0.05, 0) is 43.5 Å². The normalized spacial score (nSPS) is 23.2. The van der Waals surface area contributed by atoms with Crippen molar-refractivity contribution < 1.29 is 32.0 Å². The Morgan fingerprint density at radius 3 is 2.44 bits per heavy atom. The number of carbonyl (C=O) groups is 3. The zero-order valence-corrected chi connectivity index (χ0v) is 22.0. The third kappa shape index (κ3) is 4.31. The SMILES string of the molecule is O=C(Cn1c2c(sc1=O)[C@H](c1ccco1)C1C(=O)N(c3ccccc3C(F)(F)F)C(=O)C1S2)N1CCCCC1. The van der Waals surface area contributed by atoms with E-state index in [1.807, 2.05) is 0 Å². The van der Waals surface area contributed by atoms with Crippen LogP contribution in [0.1, 0.15) is 41.4 Å².